The van der Waals surface area contributed by atoms with E-state index in [1.807, 2.05) is 19.1 Å². The number of para-hydroxylation sites is 1. The smallest absolute Gasteiger partial charge is 0.225 e. The van der Waals surface area contributed by atoms with Crippen LogP contribution in [-0.2, 0) is 19.4 Å². The number of fused-ring (bicyclic) bond motifs is 1. The highest BCUT2D eigenvalue weighted by atomic mass is 32.2. The lowest BCUT2D eigenvalue weighted by atomic mass is 10.2. The number of nitrogens with one attached hydrogen (secondary N) is 2. The van der Waals surface area contributed by atoms with Gasteiger partial charge in [0.15, 0.2) is 9.84 Å². The van der Waals surface area contributed by atoms with Gasteiger partial charge in [0.25, 0.3) is 0 Å². The first-order valence-corrected chi connectivity index (χ1v) is 11.1. The molecule has 0 atom stereocenters. The van der Waals surface area contributed by atoms with Crippen molar-refractivity contribution in [3.05, 3.63) is 48.0 Å². The van der Waals surface area contributed by atoms with Crippen LogP contribution in [0.25, 0.3) is 0 Å². The van der Waals surface area contributed by atoms with Crippen molar-refractivity contribution in [1.29, 1.82) is 0 Å². The zero-order valence-corrected chi connectivity index (χ0v) is 16.5. The van der Waals surface area contributed by atoms with E-state index in [0.717, 1.165) is 10.5 Å². The molecule has 27 heavy (non-hydrogen) atoms. The molecule has 142 valence electrons. The molecule has 0 bridgehead atoms. The molecule has 1 aliphatic rings. The van der Waals surface area contributed by atoms with Crippen molar-refractivity contribution in [2.75, 3.05) is 22.1 Å². The van der Waals surface area contributed by atoms with Gasteiger partial charge < -0.3 is 10.6 Å². The molecule has 0 unspecified atom stereocenters. The first kappa shape index (κ1) is 19.4. The second-order valence-corrected chi connectivity index (χ2v) is 9.48. The summed E-state index contributed by atoms with van der Waals surface area (Å²) in [4.78, 5) is 24.8. The number of aryl methyl sites for hydroxylation is 1. The van der Waals surface area contributed by atoms with Crippen molar-refractivity contribution in [2.45, 2.75) is 29.6 Å². The van der Waals surface area contributed by atoms with Crippen LogP contribution in [0.3, 0.4) is 0 Å². The molecule has 8 heteroatoms. The van der Waals surface area contributed by atoms with E-state index in [1.165, 1.54) is 23.9 Å². The van der Waals surface area contributed by atoms with Crippen molar-refractivity contribution in [3.8, 4) is 0 Å². The Morgan fingerprint density at radius 1 is 1.22 bits per heavy atom. The second-order valence-electron chi connectivity index (χ2n) is 6.24. The molecule has 0 aromatic heterocycles. The number of rotatable bonds is 5. The van der Waals surface area contributed by atoms with E-state index in [4.69, 9.17) is 0 Å². The van der Waals surface area contributed by atoms with E-state index in [0.29, 0.717) is 23.5 Å². The largest absolute Gasteiger partial charge is 0.326 e. The predicted molar refractivity (Wildman–Crippen MR) is 107 cm³/mol. The van der Waals surface area contributed by atoms with Crippen LogP contribution in [0.2, 0.25) is 0 Å². The van der Waals surface area contributed by atoms with Gasteiger partial charge in [0.05, 0.1) is 16.3 Å². The van der Waals surface area contributed by atoms with Gasteiger partial charge in [-0.2, -0.15) is 0 Å². The van der Waals surface area contributed by atoms with Crippen molar-refractivity contribution < 1.29 is 18.0 Å². The average Bonchev–Trinajstić information content (AvgIpc) is 2.82. The maximum Gasteiger partial charge on any atom is 0.225 e. The Kier molecular flexibility index (Phi) is 5.86. The molecule has 0 saturated heterocycles. The lowest BCUT2D eigenvalue weighted by molar-refractivity contribution is -0.116. The fourth-order valence-electron chi connectivity index (χ4n) is 2.66. The molecule has 3 rings (SSSR count). The zero-order valence-electron chi connectivity index (χ0n) is 14.8. The minimum Gasteiger partial charge on any atom is -0.326 e. The molecule has 2 aromatic rings. The highest BCUT2D eigenvalue weighted by molar-refractivity contribution is 7.99. The fourth-order valence-corrected chi connectivity index (χ4v) is 4.86. The van der Waals surface area contributed by atoms with E-state index in [2.05, 4.69) is 10.6 Å². The number of hydrogen-bond donors (Lipinski definition) is 2. The third-order valence-electron chi connectivity index (χ3n) is 4.19. The summed E-state index contributed by atoms with van der Waals surface area (Å²) in [6.07, 6.45) is 0.245. The Labute approximate surface area is 162 Å². The van der Waals surface area contributed by atoms with Crippen LogP contribution in [0.15, 0.2) is 52.3 Å². The van der Waals surface area contributed by atoms with E-state index in [9.17, 15) is 18.0 Å². The van der Waals surface area contributed by atoms with Gasteiger partial charge in [0.1, 0.15) is 0 Å². The average molecular weight is 405 g/mol. The number of carbonyl (C=O) groups is 2. The Morgan fingerprint density at radius 2 is 2.00 bits per heavy atom. The molecule has 0 saturated carbocycles. The number of hydrogen-bond acceptors (Lipinski definition) is 5. The van der Waals surface area contributed by atoms with Crippen LogP contribution in [0.5, 0.6) is 0 Å². The number of benzene rings is 2. The SMILES string of the molecule is Cc1ccccc1NC(=O)CCS(=O)(=O)c1ccc2c(c1)NC(=O)CCS2. The van der Waals surface area contributed by atoms with Crippen LogP contribution in [-0.4, -0.2) is 31.7 Å². The van der Waals surface area contributed by atoms with E-state index >= 15 is 0 Å². The lowest BCUT2D eigenvalue weighted by Crippen LogP contribution is -2.18. The topological polar surface area (TPSA) is 92.3 Å². The van der Waals surface area contributed by atoms with Gasteiger partial charge in [-0.05, 0) is 36.8 Å². The Hall–Kier alpha value is -2.32. The molecule has 2 amide bonds. The van der Waals surface area contributed by atoms with Crippen molar-refractivity contribution in [1.82, 2.24) is 0 Å². The number of anilines is 2. The fraction of sp³-hybridized carbons (Fsp3) is 0.263. The maximum absolute atomic E-state index is 12.6. The number of thioether (sulfide) groups is 1. The Morgan fingerprint density at radius 3 is 2.78 bits per heavy atom. The van der Waals surface area contributed by atoms with Crippen LogP contribution in [0.4, 0.5) is 11.4 Å². The summed E-state index contributed by atoms with van der Waals surface area (Å²) in [7, 11) is -3.64. The minimum absolute atomic E-state index is 0.104. The summed E-state index contributed by atoms with van der Waals surface area (Å²) >= 11 is 1.51. The summed E-state index contributed by atoms with van der Waals surface area (Å²) < 4.78 is 25.2. The number of sulfone groups is 1. The monoisotopic (exact) mass is 404 g/mol. The van der Waals surface area contributed by atoms with E-state index in [-0.39, 0.29) is 28.9 Å². The summed E-state index contributed by atoms with van der Waals surface area (Å²) in [6.45, 7) is 1.87. The molecule has 0 spiro atoms. The second kappa shape index (κ2) is 8.14. The quantitative estimate of drug-likeness (QED) is 0.798. The highest BCUT2D eigenvalue weighted by Gasteiger charge is 2.20. The standard InChI is InChI=1S/C19H20N2O4S2/c1-13-4-2-3-5-15(13)20-19(23)9-11-27(24,25)14-6-7-17-16(12-14)21-18(22)8-10-26-17/h2-7,12H,8-11H2,1H3,(H,20,23)(H,21,22). The first-order chi connectivity index (χ1) is 12.8. The first-order valence-electron chi connectivity index (χ1n) is 8.50. The molecular weight excluding hydrogens is 384 g/mol. The van der Waals surface area contributed by atoms with Gasteiger partial charge in [-0.25, -0.2) is 8.42 Å². The third-order valence-corrected chi connectivity index (χ3v) is 6.98. The van der Waals surface area contributed by atoms with Crippen LogP contribution in [0.1, 0.15) is 18.4 Å². The van der Waals surface area contributed by atoms with Crippen molar-refractivity contribution >= 4 is 44.8 Å². The zero-order chi connectivity index (χ0) is 19.4. The van der Waals surface area contributed by atoms with Crippen molar-refractivity contribution in [2.24, 2.45) is 0 Å². The molecule has 6 nitrogen and oxygen atoms in total. The summed E-state index contributed by atoms with van der Waals surface area (Å²) in [5, 5.41) is 5.47. The predicted octanol–water partition coefficient (Wildman–Crippen LogP) is 3.23. The molecule has 1 heterocycles. The maximum atomic E-state index is 12.6. The van der Waals surface area contributed by atoms with Gasteiger partial charge in [-0.15, -0.1) is 11.8 Å². The van der Waals surface area contributed by atoms with Gasteiger partial charge in [-0.1, -0.05) is 18.2 Å². The molecule has 0 fully saturated rings. The molecule has 0 radical (unpaired) electrons. The van der Waals surface area contributed by atoms with Gasteiger partial charge in [0.2, 0.25) is 11.8 Å². The normalized spacial score (nSPS) is 14.0. The highest BCUT2D eigenvalue weighted by Crippen LogP contribution is 2.33. The molecule has 0 aliphatic carbocycles. The Bertz CT molecular complexity index is 987. The van der Waals surface area contributed by atoms with Crippen LogP contribution >= 0.6 is 11.8 Å². The molecule has 2 N–H and O–H groups in total. The number of amides is 2. The van der Waals surface area contributed by atoms with E-state index in [1.54, 1.807) is 18.2 Å². The summed E-state index contributed by atoms with van der Waals surface area (Å²) in [6, 6.07) is 12.0. The molecular formula is C19H20N2O4S2. The minimum atomic E-state index is -3.64. The lowest BCUT2D eigenvalue weighted by Gasteiger charge is -2.11. The van der Waals surface area contributed by atoms with E-state index < -0.39 is 9.84 Å². The molecule has 1 aliphatic heterocycles. The van der Waals surface area contributed by atoms with Gasteiger partial charge in [0, 0.05) is 29.2 Å². The number of carbonyl (C=O) groups excluding carboxylic acids is 2. The third kappa shape index (κ3) is 4.90. The van der Waals surface area contributed by atoms with Crippen LogP contribution < -0.4 is 10.6 Å². The Balaban J connectivity index is 1.69. The van der Waals surface area contributed by atoms with Gasteiger partial charge in [-0.3, -0.25) is 9.59 Å². The summed E-state index contributed by atoms with van der Waals surface area (Å²) in [5.41, 5.74) is 2.09. The summed E-state index contributed by atoms with van der Waals surface area (Å²) in [5.74, 6) is -0.130. The van der Waals surface area contributed by atoms with Crippen LogP contribution in [0, 0.1) is 6.92 Å². The van der Waals surface area contributed by atoms with Crippen molar-refractivity contribution in [3.63, 3.8) is 0 Å². The molecule has 2 aromatic carbocycles. The van der Waals surface area contributed by atoms with Gasteiger partial charge >= 0.3 is 0 Å².